The number of thioether (sulfide) groups is 1. The first-order valence-corrected chi connectivity index (χ1v) is 8.92. The Bertz CT molecular complexity index is 1050. The Hall–Kier alpha value is -3.20. The number of hydrogen-bond acceptors (Lipinski definition) is 5. The van der Waals surface area contributed by atoms with E-state index in [1.165, 1.54) is 12.4 Å². The summed E-state index contributed by atoms with van der Waals surface area (Å²) in [6, 6.07) is 12.9. The molecular formula is C18H15FN4O3S. The SMILES string of the molecule is O=C(CSc1ccccc1F)NNC(=O)Cn1cnc2ccccc2c1=O. The van der Waals surface area contributed by atoms with Gasteiger partial charge >= 0.3 is 0 Å². The van der Waals surface area contributed by atoms with E-state index in [-0.39, 0.29) is 17.9 Å². The van der Waals surface area contributed by atoms with Crippen LogP contribution in [0.1, 0.15) is 0 Å². The summed E-state index contributed by atoms with van der Waals surface area (Å²) in [4.78, 5) is 40.5. The Labute approximate surface area is 157 Å². The Morgan fingerprint density at radius 3 is 2.56 bits per heavy atom. The van der Waals surface area contributed by atoms with Crippen LogP contribution in [0.3, 0.4) is 0 Å². The van der Waals surface area contributed by atoms with Crippen LogP contribution in [0, 0.1) is 5.82 Å². The lowest BCUT2D eigenvalue weighted by molar-refractivity contribution is -0.128. The fourth-order valence-electron chi connectivity index (χ4n) is 2.29. The number of benzene rings is 2. The Balaban J connectivity index is 1.52. The zero-order valence-corrected chi connectivity index (χ0v) is 14.8. The van der Waals surface area contributed by atoms with E-state index in [4.69, 9.17) is 0 Å². The number of rotatable bonds is 5. The lowest BCUT2D eigenvalue weighted by atomic mass is 10.2. The first kappa shape index (κ1) is 18.6. The van der Waals surface area contributed by atoms with Gasteiger partial charge in [-0.15, -0.1) is 11.8 Å². The molecule has 2 amide bonds. The van der Waals surface area contributed by atoms with Gasteiger partial charge in [0.15, 0.2) is 0 Å². The summed E-state index contributed by atoms with van der Waals surface area (Å²) in [6.07, 6.45) is 1.28. The van der Waals surface area contributed by atoms with Crippen molar-refractivity contribution in [2.24, 2.45) is 0 Å². The summed E-state index contributed by atoms with van der Waals surface area (Å²) >= 11 is 1.01. The zero-order chi connectivity index (χ0) is 19.2. The van der Waals surface area contributed by atoms with Gasteiger partial charge in [-0.1, -0.05) is 24.3 Å². The number of hydrogen-bond donors (Lipinski definition) is 2. The fourth-order valence-corrected chi connectivity index (χ4v) is 3.03. The average Bonchev–Trinajstić information content (AvgIpc) is 2.68. The lowest BCUT2D eigenvalue weighted by Gasteiger charge is -2.09. The number of hydrazine groups is 1. The van der Waals surface area contributed by atoms with Crippen molar-refractivity contribution in [1.29, 1.82) is 0 Å². The molecule has 0 aliphatic rings. The van der Waals surface area contributed by atoms with Crippen molar-refractivity contribution in [3.8, 4) is 0 Å². The van der Waals surface area contributed by atoms with Crippen molar-refractivity contribution in [3.63, 3.8) is 0 Å². The molecule has 0 aliphatic heterocycles. The summed E-state index contributed by atoms with van der Waals surface area (Å²) < 4.78 is 14.6. The number of nitrogens with one attached hydrogen (secondary N) is 2. The van der Waals surface area contributed by atoms with E-state index in [9.17, 15) is 18.8 Å². The summed E-state index contributed by atoms with van der Waals surface area (Å²) in [7, 11) is 0. The van der Waals surface area contributed by atoms with Crippen LogP contribution in [0.25, 0.3) is 10.9 Å². The third-order valence-electron chi connectivity index (χ3n) is 3.58. The van der Waals surface area contributed by atoms with Crippen molar-refractivity contribution in [1.82, 2.24) is 20.4 Å². The van der Waals surface area contributed by atoms with Gasteiger partial charge in [0, 0.05) is 4.90 Å². The Morgan fingerprint density at radius 1 is 1.04 bits per heavy atom. The van der Waals surface area contributed by atoms with Crippen molar-refractivity contribution in [2.45, 2.75) is 11.4 Å². The minimum Gasteiger partial charge on any atom is -0.289 e. The number of halogens is 1. The summed E-state index contributed by atoms with van der Waals surface area (Å²) in [5.41, 5.74) is 4.65. The number of para-hydroxylation sites is 1. The quantitative estimate of drug-likeness (QED) is 0.512. The largest absolute Gasteiger partial charge is 0.289 e. The molecule has 0 radical (unpaired) electrons. The number of carbonyl (C=O) groups excluding carboxylic acids is 2. The molecule has 2 aromatic carbocycles. The molecule has 2 N–H and O–H groups in total. The zero-order valence-electron chi connectivity index (χ0n) is 14.0. The molecule has 3 rings (SSSR count). The maximum absolute atomic E-state index is 13.5. The van der Waals surface area contributed by atoms with Crippen LogP contribution in [0.4, 0.5) is 4.39 Å². The van der Waals surface area contributed by atoms with Crippen molar-refractivity contribution in [3.05, 3.63) is 71.0 Å². The average molecular weight is 386 g/mol. The van der Waals surface area contributed by atoms with Crippen molar-refractivity contribution in [2.75, 3.05) is 5.75 Å². The second-order valence-electron chi connectivity index (χ2n) is 5.51. The summed E-state index contributed by atoms with van der Waals surface area (Å²) in [5.74, 6) is -1.57. The molecule has 0 spiro atoms. The first-order valence-electron chi connectivity index (χ1n) is 7.94. The maximum atomic E-state index is 13.5. The van der Waals surface area contributed by atoms with Gasteiger partial charge in [-0.25, -0.2) is 9.37 Å². The van der Waals surface area contributed by atoms with E-state index in [2.05, 4.69) is 15.8 Å². The highest BCUT2D eigenvalue weighted by Crippen LogP contribution is 2.20. The van der Waals surface area contributed by atoms with Gasteiger partial charge in [0.1, 0.15) is 12.4 Å². The molecule has 0 bridgehead atoms. The Morgan fingerprint density at radius 2 is 1.74 bits per heavy atom. The molecule has 0 saturated heterocycles. The monoisotopic (exact) mass is 386 g/mol. The second kappa shape index (κ2) is 8.45. The van der Waals surface area contributed by atoms with Crippen LogP contribution < -0.4 is 16.4 Å². The van der Waals surface area contributed by atoms with Gasteiger partial charge in [-0.2, -0.15) is 0 Å². The molecule has 1 aromatic heterocycles. The van der Waals surface area contributed by atoms with Gasteiger partial charge in [-0.05, 0) is 24.3 Å². The van der Waals surface area contributed by atoms with Gasteiger partial charge in [0.2, 0.25) is 5.91 Å². The van der Waals surface area contributed by atoms with Crippen LogP contribution in [0.2, 0.25) is 0 Å². The van der Waals surface area contributed by atoms with Crippen LogP contribution in [-0.2, 0) is 16.1 Å². The minimum absolute atomic E-state index is 0.0707. The topological polar surface area (TPSA) is 93.1 Å². The van der Waals surface area contributed by atoms with E-state index >= 15 is 0 Å². The van der Waals surface area contributed by atoms with E-state index in [0.717, 1.165) is 16.3 Å². The van der Waals surface area contributed by atoms with E-state index in [0.29, 0.717) is 15.8 Å². The van der Waals surface area contributed by atoms with E-state index in [1.54, 1.807) is 42.5 Å². The van der Waals surface area contributed by atoms with Gasteiger partial charge in [0.05, 0.1) is 23.0 Å². The third kappa shape index (κ3) is 4.70. The third-order valence-corrected chi connectivity index (χ3v) is 4.63. The highest BCUT2D eigenvalue weighted by atomic mass is 32.2. The van der Waals surface area contributed by atoms with Gasteiger partial charge in [0.25, 0.3) is 11.5 Å². The normalized spacial score (nSPS) is 10.6. The second-order valence-corrected chi connectivity index (χ2v) is 6.53. The van der Waals surface area contributed by atoms with Crippen LogP contribution >= 0.6 is 11.8 Å². The number of aromatic nitrogens is 2. The smallest absolute Gasteiger partial charge is 0.261 e. The molecule has 0 unspecified atom stereocenters. The van der Waals surface area contributed by atoms with Gasteiger partial charge < -0.3 is 0 Å². The summed E-state index contributed by atoms with van der Waals surface area (Å²) in [5, 5.41) is 0.401. The predicted octanol–water partition coefficient (Wildman–Crippen LogP) is 1.48. The number of carbonyl (C=O) groups is 2. The number of nitrogens with zero attached hydrogens (tertiary/aromatic N) is 2. The molecule has 27 heavy (non-hydrogen) atoms. The maximum Gasteiger partial charge on any atom is 0.261 e. The first-order chi connectivity index (χ1) is 13.0. The number of fused-ring (bicyclic) bond motifs is 1. The van der Waals surface area contributed by atoms with Crippen LogP contribution in [0.15, 0.2) is 64.5 Å². The molecule has 0 atom stereocenters. The molecule has 138 valence electrons. The fraction of sp³-hybridized carbons (Fsp3) is 0.111. The van der Waals surface area contributed by atoms with Crippen LogP contribution in [-0.4, -0.2) is 27.1 Å². The predicted molar refractivity (Wildman–Crippen MR) is 99.4 cm³/mol. The molecule has 0 saturated carbocycles. The highest BCUT2D eigenvalue weighted by molar-refractivity contribution is 8.00. The molecular weight excluding hydrogens is 371 g/mol. The van der Waals surface area contributed by atoms with E-state index in [1.807, 2.05) is 0 Å². The van der Waals surface area contributed by atoms with Crippen LogP contribution in [0.5, 0.6) is 0 Å². The lowest BCUT2D eigenvalue weighted by Crippen LogP contribution is -2.44. The minimum atomic E-state index is -0.585. The Kier molecular flexibility index (Phi) is 5.82. The number of amides is 2. The molecule has 1 heterocycles. The molecule has 3 aromatic rings. The van der Waals surface area contributed by atoms with Crippen molar-refractivity contribution < 1.29 is 14.0 Å². The molecule has 9 heteroatoms. The standard InChI is InChI=1S/C18H15FN4O3S/c19-13-6-2-4-8-15(13)27-10-17(25)22-21-16(24)9-23-11-20-14-7-3-1-5-12(14)18(23)26/h1-8,11H,9-10H2,(H,21,24)(H,22,25). The molecule has 0 aliphatic carbocycles. The highest BCUT2D eigenvalue weighted by Gasteiger charge is 2.10. The summed E-state index contributed by atoms with van der Waals surface area (Å²) in [6.45, 7) is -0.294. The van der Waals surface area contributed by atoms with Crippen molar-refractivity contribution >= 4 is 34.5 Å². The van der Waals surface area contributed by atoms with Gasteiger partial charge in [-0.3, -0.25) is 29.8 Å². The molecule has 0 fully saturated rings. The molecule has 7 nitrogen and oxygen atoms in total. The van der Waals surface area contributed by atoms with E-state index < -0.39 is 17.6 Å².